The molecule has 0 fully saturated rings. The molecule has 2 aromatic carbocycles. The van der Waals surface area contributed by atoms with Crippen molar-refractivity contribution < 1.29 is 38.8 Å². The number of carboxylic acids is 2. The van der Waals surface area contributed by atoms with Crippen LogP contribution in [0, 0.1) is 5.82 Å². The van der Waals surface area contributed by atoms with Crippen LogP contribution in [0.2, 0.25) is 0 Å². The van der Waals surface area contributed by atoms with Gasteiger partial charge in [-0.25, -0.2) is 14.0 Å². The van der Waals surface area contributed by atoms with Gasteiger partial charge in [0.15, 0.2) is 11.5 Å². The van der Waals surface area contributed by atoms with E-state index >= 15 is 0 Å². The average Bonchev–Trinajstić information content (AvgIpc) is 3.12. The van der Waals surface area contributed by atoms with Crippen molar-refractivity contribution in [1.29, 1.82) is 0 Å². The Balaban J connectivity index is 1.64. The predicted molar refractivity (Wildman–Crippen MR) is 103 cm³/mol. The molecule has 0 amide bonds. The molecule has 0 saturated heterocycles. The summed E-state index contributed by atoms with van der Waals surface area (Å²) < 4.78 is 23.2. The van der Waals surface area contributed by atoms with Crippen LogP contribution in [0.4, 0.5) is 4.39 Å². The maximum absolute atomic E-state index is 13.0. The summed E-state index contributed by atoms with van der Waals surface area (Å²) in [7, 11) is 0. The highest BCUT2D eigenvalue weighted by atomic mass is 19.1. The van der Waals surface area contributed by atoms with E-state index in [4.69, 9.17) is 9.47 Å². The van der Waals surface area contributed by atoms with Crippen LogP contribution in [0.15, 0.2) is 42.5 Å². The van der Waals surface area contributed by atoms with Gasteiger partial charge < -0.3 is 30.1 Å². The molecule has 160 valence electrons. The Morgan fingerprint density at radius 2 is 1.70 bits per heavy atom. The van der Waals surface area contributed by atoms with Gasteiger partial charge in [-0.15, -0.1) is 0 Å². The number of rotatable bonds is 9. The van der Waals surface area contributed by atoms with Crippen molar-refractivity contribution in [3.05, 3.63) is 59.4 Å². The number of fused-ring (bicyclic) bond motifs is 1. The minimum absolute atomic E-state index is 0.0239. The van der Waals surface area contributed by atoms with Crippen LogP contribution in [-0.2, 0) is 16.0 Å². The fourth-order valence-electron chi connectivity index (χ4n) is 3.17. The maximum Gasteiger partial charge on any atom is 0.453 e. The largest absolute Gasteiger partial charge is 0.475 e. The van der Waals surface area contributed by atoms with Crippen LogP contribution in [0.5, 0.6) is 11.5 Å². The van der Waals surface area contributed by atoms with E-state index in [2.05, 4.69) is 5.32 Å². The number of hydrogen-bond donors (Lipinski definition) is 4. The van der Waals surface area contributed by atoms with Crippen LogP contribution in [0.1, 0.15) is 30.6 Å². The Labute approximate surface area is 171 Å². The molecular formula is C21H22FNO7. The molecule has 8 nitrogen and oxygen atoms in total. The standard InChI is InChI=1S/C21H22FNO7/c1-2-15(23-11-16(24)13-4-6-14(22)7-5-13)9-12-3-8-17-18(10-12)30-21(29-17,19(25)26)20(27)28/h3-8,10,15-16,23-24H,2,9,11H2,1H3,(H,25,26)(H,27,28). The fourth-order valence-corrected chi connectivity index (χ4v) is 3.17. The number of aliphatic hydroxyl groups is 1. The lowest BCUT2D eigenvalue weighted by atomic mass is 10.0. The third-order valence-electron chi connectivity index (χ3n) is 4.91. The van der Waals surface area contributed by atoms with Crippen molar-refractivity contribution >= 4 is 11.9 Å². The zero-order chi connectivity index (χ0) is 21.9. The minimum atomic E-state index is -2.79. The molecule has 0 aromatic heterocycles. The molecule has 0 spiro atoms. The van der Waals surface area contributed by atoms with Crippen molar-refractivity contribution in [2.75, 3.05) is 6.54 Å². The van der Waals surface area contributed by atoms with E-state index in [0.29, 0.717) is 12.0 Å². The summed E-state index contributed by atoms with van der Waals surface area (Å²) in [5.41, 5.74) is 1.38. The van der Waals surface area contributed by atoms with Crippen molar-refractivity contribution in [3.8, 4) is 11.5 Å². The summed E-state index contributed by atoms with van der Waals surface area (Å²) in [4.78, 5) is 22.7. The highest BCUT2D eigenvalue weighted by molar-refractivity contribution is 6.01. The SMILES string of the molecule is CCC(Cc1ccc2c(c1)OC(C(=O)O)(C(=O)O)O2)NCC(O)c1ccc(F)cc1. The first-order valence-corrected chi connectivity index (χ1v) is 9.39. The van der Waals surface area contributed by atoms with E-state index < -0.39 is 23.8 Å². The van der Waals surface area contributed by atoms with E-state index in [1.54, 1.807) is 12.1 Å². The molecule has 1 heterocycles. The molecule has 0 bridgehead atoms. The second-order valence-corrected chi connectivity index (χ2v) is 7.00. The molecule has 0 aliphatic carbocycles. The Morgan fingerprint density at radius 3 is 2.30 bits per heavy atom. The molecule has 0 radical (unpaired) electrons. The molecule has 1 aliphatic rings. The molecule has 2 aromatic rings. The van der Waals surface area contributed by atoms with Crippen molar-refractivity contribution in [2.24, 2.45) is 0 Å². The van der Waals surface area contributed by atoms with E-state index in [1.165, 1.54) is 30.3 Å². The first-order valence-electron chi connectivity index (χ1n) is 9.39. The molecule has 4 N–H and O–H groups in total. The molecule has 1 aliphatic heterocycles. The lowest BCUT2D eigenvalue weighted by molar-refractivity contribution is -0.194. The van der Waals surface area contributed by atoms with E-state index in [9.17, 15) is 29.3 Å². The summed E-state index contributed by atoms with van der Waals surface area (Å²) in [6, 6.07) is 10.3. The van der Waals surface area contributed by atoms with Gasteiger partial charge in [0.1, 0.15) is 5.82 Å². The lowest BCUT2D eigenvalue weighted by Gasteiger charge is -2.20. The average molecular weight is 419 g/mol. The normalized spacial score (nSPS) is 16.1. The van der Waals surface area contributed by atoms with Gasteiger partial charge in [0, 0.05) is 12.6 Å². The predicted octanol–water partition coefficient (Wildman–Crippen LogP) is 2.11. The van der Waals surface area contributed by atoms with Gasteiger partial charge in [-0.05, 0) is 48.2 Å². The number of aliphatic hydroxyl groups excluding tert-OH is 1. The van der Waals surface area contributed by atoms with Gasteiger partial charge >= 0.3 is 17.7 Å². The minimum Gasteiger partial charge on any atom is -0.475 e. The first-order chi connectivity index (χ1) is 14.2. The summed E-state index contributed by atoms with van der Waals surface area (Å²) in [6.07, 6.45) is 0.456. The summed E-state index contributed by atoms with van der Waals surface area (Å²) in [6.45, 7) is 2.23. The van der Waals surface area contributed by atoms with Crippen LogP contribution < -0.4 is 14.8 Å². The number of benzene rings is 2. The number of aliphatic carboxylic acids is 2. The number of ether oxygens (including phenoxy) is 2. The molecule has 0 saturated carbocycles. The van der Waals surface area contributed by atoms with Gasteiger partial charge in [0.25, 0.3) is 0 Å². The van der Waals surface area contributed by atoms with Gasteiger partial charge in [-0.2, -0.15) is 0 Å². The van der Waals surface area contributed by atoms with Crippen LogP contribution in [0.25, 0.3) is 0 Å². The van der Waals surface area contributed by atoms with E-state index in [0.717, 1.165) is 12.0 Å². The Morgan fingerprint density at radius 1 is 1.07 bits per heavy atom. The van der Waals surface area contributed by atoms with E-state index in [-0.39, 0.29) is 29.9 Å². The van der Waals surface area contributed by atoms with Crippen molar-refractivity contribution in [3.63, 3.8) is 0 Å². The zero-order valence-electron chi connectivity index (χ0n) is 16.2. The second-order valence-electron chi connectivity index (χ2n) is 7.00. The lowest BCUT2D eigenvalue weighted by Crippen LogP contribution is -2.54. The molecule has 2 unspecified atom stereocenters. The van der Waals surface area contributed by atoms with E-state index in [1.807, 2.05) is 6.92 Å². The number of halogens is 1. The number of carboxylic acid groups (broad SMARTS) is 2. The fraction of sp³-hybridized carbons (Fsp3) is 0.333. The van der Waals surface area contributed by atoms with Crippen LogP contribution in [-0.4, -0.2) is 45.6 Å². The topological polar surface area (TPSA) is 125 Å². The smallest absolute Gasteiger partial charge is 0.453 e. The van der Waals surface area contributed by atoms with Gasteiger partial charge in [0.2, 0.25) is 0 Å². The number of carbonyl (C=O) groups is 2. The summed E-state index contributed by atoms with van der Waals surface area (Å²) in [5, 5.41) is 31.9. The second kappa shape index (κ2) is 8.68. The Kier molecular flexibility index (Phi) is 6.23. The quantitative estimate of drug-likeness (QED) is 0.456. The molecule has 3 rings (SSSR count). The van der Waals surface area contributed by atoms with Gasteiger partial charge in [-0.1, -0.05) is 25.1 Å². The molecule has 30 heavy (non-hydrogen) atoms. The molecular weight excluding hydrogens is 397 g/mol. The van der Waals surface area contributed by atoms with Crippen LogP contribution in [0.3, 0.4) is 0 Å². The molecule has 9 heteroatoms. The number of hydrogen-bond acceptors (Lipinski definition) is 6. The summed E-state index contributed by atoms with van der Waals surface area (Å²) in [5.74, 6) is -6.59. The van der Waals surface area contributed by atoms with Crippen molar-refractivity contribution in [1.82, 2.24) is 5.32 Å². The highest BCUT2D eigenvalue weighted by Gasteiger charge is 2.57. The first kappa shape index (κ1) is 21.5. The Hall–Kier alpha value is -3.17. The summed E-state index contributed by atoms with van der Waals surface area (Å²) >= 11 is 0. The zero-order valence-corrected chi connectivity index (χ0v) is 16.2. The third-order valence-corrected chi connectivity index (χ3v) is 4.91. The monoisotopic (exact) mass is 419 g/mol. The van der Waals surface area contributed by atoms with Crippen LogP contribution >= 0.6 is 0 Å². The van der Waals surface area contributed by atoms with Crippen molar-refractivity contribution in [2.45, 2.75) is 37.7 Å². The van der Waals surface area contributed by atoms with Gasteiger partial charge in [-0.3, -0.25) is 0 Å². The Bertz CT molecular complexity index is 917. The third kappa shape index (κ3) is 4.37. The highest BCUT2D eigenvalue weighted by Crippen LogP contribution is 2.40. The maximum atomic E-state index is 13.0. The number of nitrogens with one attached hydrogen (secondary N) is 1. The van der Waals surface area contributed by atoms with Gasteiger partial charge in [0.05, 0.1) is 6.10 Å². The molecule has 2 atom stereocenters.